The second kappa shape index (κ2) is 7.02. The highest BCUT2D eigenvalue weighted by molar-refractivity contribution is 9.10. The van der Waals surface area contributed by atoms with Crippen LogP contribution in [0.15, 0.2) is 28.7 Å². The van der Waals surface area contributed by atoms with Crippen molar-refractivity contribution in [1.82, 2.24) is 0 Å². The minimum absolute atomic E-state index is 0.171. The third-order valence-corrected chi connectivity index (χ3v) is 3.95. The summed E-state index contributed by atoms with van der Waals surface area (Å²) < 4.78 is 1.04. The number of aliphatic hydroxyl groups excluding tert-OH is 1. The minimum atomic E-state index is -0.195. The summed E-state index contributed by atoms with van der Waals surface area (Å²) in [6.45, 7) is 4.47. The predicted molar refractivity (Wildman–Crippen MR) is 77.4 cm³/mol. The van der Waals surface area contributed by atoms with Gasteiger partial charge in [-0.25, -0.2) is 0 Å². The Morgan fingerprint density at radius 1 is 1.29 bits per heavy atom. The van der Waals surface area contributed by atoms with Gasteiger partial charge in [-0.05, 0) is 40.9 Å². The average molecular weight is 300 g/mol. The zero-order chi connectivity index (χ0) is 12.7. The van der Waals surface area contributed by atoms with Crippen LogP contribution in [0.3, 0.4) is 0 Å². The van der Waals surface area contributed by atoms with Gasteiger partial charge in [-0.3, -0.25) is 0 Å². The summed E-state index contributed by atoms with van der Waals surface area (Å²) in [5.74, 6) is 0. The Hall–Kier alpha value is -0.540. The van der Waals surface area contributed by atoms with Crippen LogP contribution in [-0.4, -0.2) is 17.3 Å². The van der Waals surface area contributed by atoms with Gasteiger partial charge in [0.1, 0.15) is 0 Å². The van der Waals surface area contributed by atoms with Crippen molar-refractivity contribution in [2.24, 2.45) is 0 Å². The van der Waals surface area contributed by atoms with Gasteiger partial charge in [-0.1, -0.05) is 38.8 Å². The highest BCUT2D eigenvalue weighted by atomic mass is 79.9. The quantitative estimate of drug-likeness (QED) is 0.791. The molecule has 0 amide bonds. The number of para-hydroxylation sites is 1. The van der Waals surface area contributed by atoms with Crippen LogP contribution in [0.5, 0.6) is 0 Å². The van der Waals surface area contributed by atoms with Crippen molar-refractivity contribution in [1.29, 1.82) is 0 Å². The number of hydrogen-bond acceptors (Lipinski definition) is 2. The van der Waals surface area contributed by atoms with Gasteiger partial charge in [0.2, 0.25) is 0 Å². The van der Waals surface area contributed by atoms with Crippen LogP contribution in [0, 0.1) is 0 Å². The van der Waals surface area contributed by atoms with Gasteiger partial charge in [0, 0.05) is 10.2 Å². The monoisotopic (exact) mass is 299 g/mol. The summed E-state index contributed by atoms with van der Waals surface area (Å²) in [6.07, 6.45) is 4.20. The third kappa shape index (κ3) is 4.00. The molecule has 0 saturated carbocycles. The van der Waals surface area contributed by atoms with Crippen molar-refractivity contribution >= 4 is 21.6 Å². The molecule has 1 aromatic carbocycles. The van der Waals surface area contributed by atoms with E-state index in [0.717, 1.165) is 35.8 Å². The number of halogens is 1. The van der Waals surface area contributed by atoms with Crippen molar-refractivity contribution in [3.63, 3.8) is 0 Å². The summed E-state index contributed by atoms with van der Waals surface area (Å²) in [6, 6.07) is 8.05. The largest absolute Gasteiger partial charge is 0.394 e. The van der Waals surface area contributed by atoms with Gasteiger partial charge in [-0.2, -0.15) is 0 Å². The number of benzene rings is 1. The van der Waals surface area contributed by atoms with Gasteiger partial charge in [0.25, 0.3) is 0 Å². The van der Waals surface area contributed by atoms with Gasteiger partial charge >= 0.3 is 0 Å². The molecule has 0 aliphatic heterocycles. The fourth-order valence-corrected chi connectivity index (χ4v) is 2.31. The van der Waals surface area contributed by atoms with Crippen molar-refractivity contribution in [2.75, 3.05) is 11.9 Å². The molecule has 0 fully saturated rings. The first-order valence-electron chi connectivity index (χ1n) is 6.31. The van der Waals surface area contributed by atoms with E-state index in [1.807, 2.05) is 24.3 Å². The fourth-order valence-electron chi connectivity index (χ4n) is 1.92. The molecule has 0 aromatic heterocycles. The summed E-state index contributed by atoms with van der Waals surface area (Å²) in [4.78, 5) is 0. The zero-order valence-corrected chi connectivity index (χ0v) is 12.3. The van der Waals surface area contributed by atoms with Crippen LogP contribution in [0.1, 0.15) is 39.5 Å². The fraction of sp³-hybridized carbons (Fsp3) is 0.571. The van der Waals surface area contributed by atoms with Gasteiger partial charge in [-0.15, -0.1) is 0 Å². The Kier molecular flexibility index (Phi) is 6.00. The van der Waals surface area contributed by atoms with Crippen LogP contribution in [0.4, 0.5) is 5.69 Å². The third-order valence-electron chi connectivity index (χ3n) is 3.26. The molecule has 3 heteroatoms. The lowest BCUT2D eigenvalue weighted by Crippen LogP contribution is -2.41. The summed E-state index contributed by atoms with van der Waals surface area (Å²) >= 11 is 3.53. The normalized spacial score (nSPS) is 14.4. The molecule has 0 radical (unpaired) electrons. The van der Waals surface area contributed by atoms with Crippen LogP contribution >= 0.6 is 15.9 Å². The van der Waals surface area contributed by atoms with Gasteiger partial charge in [0.15, 0.2) is 0 Å². The zero-order valence-electron chi connectivity index (χ0n) is 10.7. The van der Waals surface area contributed by atoms with Crippen molar-refractivity contribution in [3.8, 4) is 0 Å². The van der Waals surface area contributed by atoms with E-state index in [-0.39, 0.29) is 12.1 Å². The van der Waals surface area contributed by atoms with E-state index in [4.69, 9.17) is 0 Å². The van der Waals surface area contributed by atoms with Crippen molar-refractivity contribution in [3.05, 3.63) is 28.7 Å². The summed E-state index contributed by atoms with van der Waals surface area (Å²) in [7, 11) is 0. The van der Waals surface area contributed by atoms with Gasteiger partial charge < -0.3 is 10.4 Å². The number of unbranched alkanes of at least 4 members (excludes halogenated alkanes) is 1. The first kappa shape index (κ1) is 14.5. The minimum Gasteiger partial charge on any atom is -0.394 e. The molecule has 0 heterocycles. The molecular weight excluding hydrogens is 278 g/mol. The number of nitrogens with one attached hydrogen (secondary N) is 1. The maximum atomic E-state index is 9.68. The molecule has 0 spiro atoms. The lowest BCUT2D eigenvalue weighted by atomic mass is 9.90. The molecule has 1 unspecified atom stereocenters. The van der Waals surface area contributed by atoms with Gasteiger partial charge in [0.05, 0.1) is 12.1 Å². The SMILES string of the molecule is CCCCC(CC)(CO)Nc1ccccc1Br. The molecule has 2 nitrogen and oxygen atoms in total. The Morgan fingerprint density at radius 3 is 2.53 bits per heavy atom. The van der Waals surface area contributed by atoms with Crippen molar-refractivity contribution < 1.29 is 5.11 Å². The number of anilines is 1. The summed E-state index contributed by atoms with van der Waals surface area (Å²) in [5, 5.41) is 13.2. The lowest BCUT2D eigenvalue weighted by molar-refractivity contribution is 0.195. The molecular formula is C14H22BrNO. The number of rotatable bonds is 7. The molecule has 1 rings (SSSR count). The molecule has 1 aromatic rings. The topological polar surface area (TPSA) is 32.3 Å². The predicted octanol–water partition coefficient (Wildman–Crippen LogP) is 4.19. The van der Waals surface area contributed by atoms with E-state index in [2.05, 4.69) is 35.1 Å². The smallest absolute Gasteiger partial charge is 0.0661 e. The first-order chi connectivity index (χ1) is 8.17. The summed E-state index contributed by atoms with van der Waals surface area (Å²) in [5.41, 5.74) is 0.861. The van der Waals surface area contributed by atoms with E-state index < -0.39 is 0 Å². The molecule has 0 bridgehead atoms. The molecule has 0 aliphatic carbocycles. The molecule has 0 saturated heterocycles. The lowest BCUT2D eigenvalue weighted by Gasteiger charge is -2.33. The molecule has 0 aliphatic rings. The van der Waals surface area contributed by atoms with E-state index in [1.54, 1.807) is 0 Å². The Bertz CT molecular complexity index is 337. The number of hydrogen-bond donors (Lipinski definition) is 2. The first-order valence-corrected chi connectivity index (χ1v) is 7.10. The van der Waals surface area contributed by atoms with E-state index in [0.29, 0.717) is 0 Å². The average Bonchev–Trinajstić information content (AvgIpc) is 2.37. The second-order valence-corrected chi connectivity index (χ2v) is 5.35. The molecule has 96 valence electrons. The van der Waals surface area contributed by atoms with Crippen LogP contribution in [-0.2, 0) is 0 Å². The molecule has 1 atom stereocenters. The van der Waals surface area contributed by atoms with Crippen molar-refractivity contribution in [2.45, 2.75) is 45.1 Å². The molecule has 2 N–H and O–H groups in total. The number of aliphatic hydroxyl groups is 1. The Labute approximate surface area is 113 Å². The maximum Gasteiger partial charge on any atom is 0.0661 e. The second-order valence-electron chi connectivity index (χ2n) is 4.50. The maximum absolute atomic E-state index is 9.68. The molecule has 17 heavy (non-hydrogen) atoms. The van der Waals surface area contributed by atoms with Crippen LogP contribution in [0.2, 0.25) is 0 Å². The highest BCUT2D eigenvalue weighted by Gasteiger charge is 2.26. The van der Waals surface area contributed by atoms with E-state index >= 15 is 0 Å². The Morgan fingerprint density at radius 2 is 2.00 bits per heavy atom. The van der Waals surface area contributed by atoms with E-state index in [9.17, 15) is 5.11 Å². The standard InChI is InChI=1S/C14H22BrNO/c1-3-5-10-14(4-2,11-17)16-13-9-7-6-8-12(13)15/h6-9,16-17H,3-5,10-11H2,1-2H3. The van der Waals surface area contributed by atoms with E-state index in [1.165, 1.54) is 0 Å². The van der Waals surface area contributed by atoms with Crippen LogP contribution < -0.4 is 5.32 Å². The van der Waals surface area contributed by atoms with Crippen LogP contribution in [0.25, 0.3) is 0 Å². The Balaban J connectivity index is 2.82. The highest BCUT2D eigenvalue weighted by Crippen LogP contribution is 2.29.